The van der Waals surface area contributed by atoms with Crippen LogP contribution in [0.2, 0.25) is 0 Å². The van der Waals surface area contributed by atoms with E-state index in [2.05, 4.69) is 5.32 Å². The Morgan fingerprint density at radius 1 is 1.14 bits per heavy atom. The number of ether oxygens (including phenoxy) is 2. The maximum absolute atomic E-state index is 10.5. The van der Waals surface area contributed by atoms with Crippen LogP contribution in [0.5, 0.6) is 5.75 Å². The molecule has 0 aromatic heterocycles. The van der Waals surface area contributed by atoms with Crippen LogP contribution in [0.3, 0.4) is 0 Å². The van der Waals surface area contributed by atoms with Gasteiger partial charge in [0.05, 0.1) is 11.0 Å². The summed E-state index contributed by atoms with van der Waals surface area (Å²) in [6.45, 7) is 7.10. The fourth-order valence-corrected chi connectivity index (χ4v) is 1.70. The standard InChI is InChI=1S/C15H24N2O4/c1-13(2)20-11-4-3-9-16-10-12-21-15-7-5-14(6-8-15)17(18)19/h5-8,13,16H,3-4,9-12H2,1-2H3. The van der Waals surface area contributed by atoms with E-state index in [9.17, 15) is 10.1 Å². The van der Waals surface area contributed by atoms with Gasteiger partial charge in [-0.15, -0.1) is 0 Å². The van der Waals surface area contributed by atoms with Crippen LogP contribution in [-0.4, -0.2) is 37.3 Å². The molecule has 0 atom stereocenters. The van der Waals surface area contributed by atoms with Gasteiger partial charge in [-0.25, -0.2) is 0 Å². The number of hydrogen-bond donors (Lipinski definition) is 1. The third-order valence-corrected chi connectivity index (χ3v) is 2.79. The van der Waals surface area contributed by atoms with Crippen molar-refractivity contribution < 1.29 is 14.4 Å². The molecule has 6 nitrogen and oxygen atoms in total. The second-order valence-corrected chi connectivity index (χ2v) is 4.98. The largest absolute Gasteiger partial charge is 0.492 e. The first kappa shape index (κ1) is 17.4. The highest BCUT2D eigenvalue weighted by Crippen LogP contribution is 2.16. The molecule has 0 unspecified atom stereocenters. The quantitative estimate of drug-likeness (QED) is 0.386. The highest BCUT2D eigenvalue weighted by molar-refractivity contribution is 5.35. The first-order chi connectivity index (χ1) is 10.1. The molecule has 1 aromatic carbocycles. The average Bonchev–Trinajstić information content (AvgIpc) is 2.45. The van der Waals surface area contributed by atoms with Gasteiger partial charge >= 0.3 is 0 Å². The Bertz CT molecular complexity index is 407. The lowest BCUT2D eigenvalue weighted by atomic mass is 10.3. The molecule has 118 valence electrons. The van der Waals surface area contributed by atoms with Crippen molar-refractivity contribution in [2.45, 2.75) is 32.8 Å². The number of nitrogens with one attached hydrogen (secondary N) is 1. The van der Waals surface area contributed by atoms with Crippen LogP contribution in [0.15, 0.2) is 24.3 Å². The number of unbranched alkanes of at least 4 members (excludes halogenated alkanes) is 1. The van der Waals surface area contributed by atoms with E-state index in [1.165, 1.54) is 12.1 Å². The summed E-state index contributed by atoms with van der Waals surface area (Å²) >= 11 is 0. The van der Waals surface area contributed by atoms with Crippen LogP contribution in [0.4, 0.5) is 5.69 Å². The third-order valence-electron chi connectivity index (χ3n) is 2.79. The number of non-ortho nitro benzene ring substituents is 1. The maximum atomic E-state index is 10.5. The molecule has 21 heavy (non-hydrogen) atoms. The van der Waals surface area contributed by atoms with Gasteiger partial charge in [-0.3, -0.25) is 10.1 Å². The van der Waals surface area contributed by atoms with Crippen molar-refractivity contribution in [2.24, 2.45) is 0 Å². The Hall–Kier alpha value is -1.66. The summed E-state index contributed by atoms with van der Waals surface area (Å²) in [4.78, 5) is 10.1. The van der Waals surface area contributed by atoms with Gasteiger partial charge in [-0.05, 0) is 45.4 Å². The van der Waals surface area contributed by atoms with Crippen molar-refractivity contribution in [3.8, 4) is 5.75 Å². The first-order valence-electron chi connectivity index (χ1n) is 7.29. The number of hydrogen-bond acceptors (Lipinski definition) is 5. The molecule has 0 spiro atoms. The Morgan fingerprint density at radius 2 is 1.86 bits per heavy atom. The molecular weight excluding hydrogens is 272 g/mol. The van der Waals surface area contributed by atoms with Crippen molar-refractivity contribution in [1.82, 2.24) is 5.32 Å². The second-order valence-electron chi connectivity index (χ2n) is 4.98. The molecule has 0 radical (unpaired) electrons. The molecule has 6 heteroatoms. The lowest BCUT2D eigenvalue weighted by Gasteiger charge is -2.08. The van der Waals surface area contributed by atoms with Crippen molar-refractivity contribution in [1.29, 1.82) is 0 Å². The van der Waals surface area contributed by atoms with Gasteiger partial charge in [-0.2, -0.15) is 0 Å². The van der Waals surface area contributed by atoms with Crippen LogP contribution >= 0.6 is 0 Å². The van der Waals surface area contributed by atoms with Crippen molar-refractivity contribution >= 4 is 5.69 Å². The molecule has 1 rings (SSSR count). The predicted octanol–water partition coefficient (Wildman–Crippen LogP) is 2.77. The van der Waals surface area contributed by atoms with Crippen molar-refractivity contribution in [3.05, 3.63) is 34.4 Å². The fourth-order valence-electron chi connectivity index (χ4n) is 1.70. The Kier molecular flexibility index (Phi) is 8.38. The smallest absolute Gasteiger partial charge is 0.269 e. The zero-order valence-corrected chi connectivity index (χ0v) is 12.7. The molecule has 0 saturated heterocycles. The van der Waals surface area contributed by atoms with E-state index in [0.29, 0.717) is 18.5 Å². The molecule has 0 aliphatic heterocycles. The van der Waals surface area contributed by atoms with Gasteiger partial charge in [0, 0.05) is 25.3 Å². The molecule has 0 heterocycles. The van der Waals surface area contributed by atoms with Crippen LogP contribution < -0.4 is 10.1 Å². The van der Waals surface area contributed by atoms with Gasteiger partial charge in [0.25, 0.3) is 5.69 Å². The van der Waals surface area contributed by atoms with Crippen LogP contribution in [-0.2, 0) is 4.74 Å². The maximum Gasteiger partial charge on any atom is 0.269 e. The van der Waals surface area contributed by atoms with Gasteiger partial charge in [-0.1, -0.05) is 0 Å². The summed E-state index contributed by atoms with van der Waals surface area (Å²) in [5.41, 5.74) is 0.0732. The van der Waals surface area contributed by atoms with Crippen molar-refractivity contribution in [2.75, 3.05) is 26.3 Å². The molecule has 0 saturated carbocycles. The Labute approximate surface area is 125 Å². The summed E-state index contributed by atoms with van der Waals surface area (Å²) in [6, 6.07) is 6.11. The average molecular weight is 296 g/mol. The topological polar surface area (TPSA) is 73.6 Å². The molecular formula is C15H24N2O4. The Balaban J connectivity index is 2.00. The monoisotopic (exact) mass is 296 g/mol. The highest BCUT2D eigenvalue weighted by atomic mass is 16.6. The van der Waals surface area contributed by atoms with E-state index in [0.717, 1.165) is 32.5 Å². The summed E-state index contributed by atoms with van der Waals surface area (Å²) in [7, 11) is 0. The minimum atomic E-state index is -0.422. The van der Waals surface area contributed by atoms with Crippen LogP contribution in [0, 0.1) is 10.1 Å². The zero-order chi connectivity index (χ0) is 15.5. The molecule has 1 aromatic rings. The van der Waals surface area contributed by atoms with Crippen LogP contribution in [0.1, 0.15) is 26.7 Å². The molecule has 0 aliphatic rings. The van der Waals surface area contributed by atoms with Gasteiger partial charge in [0.2, 0.25) is 0 Å². The third kappa shape index (κ3) is 8.27. The zero-order valence-electron chi connectivity index (χ0n) is 12.7. The second kappa shape index (κ2) is 10.1. The molecule has 0 bridgehead atoms. The highest BCUT2D eigenvalue weighted by Gasteiger charge is 2.03. The first-order valence-corrected chi connectivity index (χ1v) is 7.29. The minimum absolute atomic E-state index is 0.0732. The van der Waals surface area contributed by atoms with E-state index in [1.807, 2.05) is 13.8 Å². The number of benzene rings is 1. The van der Waals surface area contributed by atoms with Crippen molar-refractivity contribution in [3.63, 3.8) is 0 Å². The van der Waals surface area contributed by atoms with Crippen LogP contribution in [0.25, 0.3) is 0 Å². The van der Waals surface area contributed by atoms with E-state index in [-0.39, 0.29) is 5.69 Å². The van der Waals surface area contributed by atoms with E-state index in [4.69, 9.17) is 9.47 Å². The lowest BCUT2D eigenvalue weighted by molar-refractivity contribution is -0.384. The number of nitro groups is 1. The summed E-state index contributed by atoms with van der Waals surface area (Å²) in [5.74, 6) is 0.646. The number of rotatable bonds is 11. The SMILES string of the molecule is CC(C)OCCCCNCCOc1ccc([N+](=O)[O-])cc1. The van der Waals surface area contributed by atoms with E-state index in [1.54, 1.807) is 12.1 Å². The van der Waals surface area contributed by atoms with E-state index >= 15 is 0 Å². The van der Waals surface area contributed by atoms with Gasteiger partial charge < -0.3 is 14.8 Å². The molecule has 0 aliphatic carbocycles. The minimum Gasteiger partial charge on any atom is -0.492 e. The summed E-state index contributed by atoms with van der Waals surface area (Å²) in [5, 5.41) is 13.8. The number of nitrogens with zero attached hydrogens (tertiary/aromatic N) is 1. The predicted molar refractivity (Wildman–Crippen MR) is 81.8 cm³/mol. The van der Waals surface area contributed by atoms with Gasteiger partial charge in [0.1, 0.15) is 12.4 Å². The van der Waals surface area contributed by atoms with Gasteiger partial charge in [0.15, 0.2) is 0 Å². The summed E-state index contributed by atoms with van der Waals surface area (Å²) in [6.07, 6.45) is 2.42. The molecule has 0 amide bonds. The summed E-state index contributed by atoms with van der Waals surface area (Å²) < 4.78 is 10.9. The van der Waals surface area contributed by atoms with E-state index < -0.39 is 4.92 Å². The Morgan fingerprint density at radius 3 is 2.48 bits per heavy atom. The molecule has 1 N–H and O–H groups in total. The normalized spacial score (nSPS) is 10.8. The lowest BCUT2D eigenvalue weighted by Crippen LogP contribution is -2.22. The molecule has 0 fully saturated rings. The fraction of sp³-hybridized carbons (Fsp3) is 0.600. The number of nitro benzene ring substituents is 1.